The zero-order valence-electron chi connectivity index (χ0n) is 17.7. The van der Waals surface area contributed by atoms with Crippen molar-refractivity contribution < 1.29 is 8.42 Å². The average Bonchev–Trinajstić information content (AvgIpc) is 2.78. The highest BCUT2D eigenvalue weighted by atomic mass is 127. The number of benzene rings is 1. The zero-order valence-corrected chi connectivity index (χ0v) is 20.8. The fourth-order valence-electron chi connectivity index (χ4n) is 3.29. The molecule has 2 aromatic rings. The number of aliphatic imine (C=N–C) groups is 1. The SMILES string of the molecule is CCNC(=NCCNS(=O)(=O)c1cccnc1)N1CCC(=Cc2ccccc2)CC1.I. The first-order valence-electron chi connectivity index (χ1n) is 10.3. The molecule has 1 fully saturated rings. The van der Waals surface area contributed by atoms with Crippen molar-refractivity contribution in [1.82, 2.24) is 19.9 Å². The van der Waals surface area contributed by atoms with E-state index in [2.05, 4.69) is 55.3 Å². The van der Waals surface area contributed by atoms with Crippen LogP contribution in [0.5, 0.6) is 0 Å². The summed E-state index contributed by atoms with van der Waals surface area (Å²) < 4.78 is 27.1. The minimum atomic E-state index is -3.56. The number of likely N-dealkylation sites (tertiary alicyclic amines) is 1. The zero-order chi connectivity index (χ0) is 21.2. The fraction of sp³-hybridized carbons (Fsp3) is 0.364. The lowest BCUT2D eigenvalue weighted by atomic mass is 10.0. The molecule has 1 aliphatic heterocycles. The molecule has 0 unspecified atom stereocenters. The lowest BCUT2D eigenvalue weighted by Gasteiger charge is -2.31. The summed E-state index contributed by atoms with van der Waals surface area (Å²) in [6.45, 7) is 5.19. The number of rotatable bonds is 7. The molecule has 2 N–H and O–H groups in total. The summed E-state index contributed by atoms with van der Waals surface area (Å²) in [5.74, 6) is 0.830. The fourth-order valence-corrected chi connectivity index (χ4v) is 4.28. The van der Waals surface area contributed by atoms with Crippen LogP contribution in [-0.4, -0.2) is 57.0 Å². The van der Waals surface area contributed by atoms with Gasteiger partial charge in [-0.3, -0.25) is 9.98 Å². The van der Waals surface area contributed by atoms with Crippen LogP contribution < -0.4 is 10.0 Å². The van der Waals surface area contributed by atoms with Crippen molar-refractivity contribution in [1.29, 1.82) is 0 Å². The highest BCUT2D eigenvalue weighted by Gasteiger charge is 2.17. The molecule has 9 heteroatoms. The lowest BCUT2D eigenvalue weighted by Crippen LogP contribution is -2.44. The van der Waals surface area contributed by atoms with E-state index in [1.807, 2.05) is 13.0 Å². The quantitative estimate of drug-likeness (QED) is 0.237. The van der Waals surface area contributed by atoms with Crippen LogP contribution in [0, 0.1) is 0 Å². The van der Waals surface area contributed by atoms with Gasteiger partial charge in [0.25, 0.3) is 0 Å². The topological polar surface area (TPSA) is 86.7 Å². The lowest BCUT2D eigenvalue weighted by molar-refractivity contribution is 0.375. The van der Waals surface area contributed by atoms with Crippen molar-refractivity contribution in [2.75, 3.05) is 32.7 Å². The molecule has 0 bridgehead atoms. The van der Waals surface area contributed by atoms with Gasteiger partial charge in [-0.1, -0.05) is 42.0 Å². The number of guanidine groups is 1. The molecule has 1 aromatic carbocycles. The van der Waals surface area contributed by atoms with Crippen LogP contribution in [0.25, 0.3) is 6.08 Å². The molecule has 2 heterocycles. The Morgan fingerprint density at radius 3 is 2.55 bits per heavy atom. The third-order valence-electron chi connectivity index (χ3n) is 4.82. The summed E-state index contributed by atoms with van der Waals surface area (Å²) in [6.07, 6.45) is 7.14. The summed E-state index contributed by atoms with van der Waals surface area (Å²) in [4.78, 5) is 10.9. The number of hydrogen-bond donors (Lipinski definition) is 2. The molecular weight excluding hydrogens is 525 g/mol. The van der Waals surface area contributed by atoms with E-state index in [-0.39, 0.29) is 35.4 Å². The number of nitrogens with zero attached hydrogens (tertiary/aromatic N) is 3. The molecule has 168 valence electrons. The van der Waals surface area contributed by atoms with Crippen LogP contribution in [0.4, 0.5) is 0 Å². The van der Waals surface area contributed by atoms with E-state index in [4.69, 9.17) is 0 Å². The number of nitrogens with one attached hydrogen (secondary N) is 2. The summed E-state index contributed by atoms with van der Waals surface area (Å²) in [6, 6.07) is 13.5. The van der Waals surface area contributed by atoms with E-state index >= 15 is 0 Å². The number of piperidine rings is 1. The molecule has 1 aromatic heterocycles. The van der Waals surface area contributed by atoms with Gasteiger partial charge >= 0.3 is 0 Å². The first-order chi connectivity index (χ1) is 14.6. The van der Waals surface area contributed by atoms with Crippen molar-refractivity contribution in [3.8, 4) is 0 Å². The monoisotopic (exact) mass is 555 g/mol. The van der Waals surface area contributed by atoms with Crippen molar-refractivity contribution >= 4 is 46.0 Å². The van der Waals surface area contributed by atoms with Crippen molar-refractivity contribution in [3.63, 3.8) is 0 Å². The van der Waals surface area contributed by atoms with Crippen LogP contribution in [-0.2, 0) is 10.0 Å². The molecule has 3 rings (SSSR count). The molecular formula is C22H30IN5O2S. The Hall–Kier alpha value is -1.98. The molecule has 31 heavy (non-hydrogen) atoms. The molecule has 0 atom stereocenters. The summed E-state index contributed by atoms with van der Waals surface area (Å²) in [5, 5.41) is 3.32. The smallest absolute Gasteiger partial charge is 0.242 e. The second-order valence-electron chi connectivity index (χ2n) is 7.02. The van der Waals surface area contributed by atoms with Crippen LogP contribution >= 0.6 is 24.0 Å². The largest absolute Gasteiger partial charge is 0.357 e. The molecule has 1 saturated heterocycles. The van der Waals surface area contributed by atoms with E-state index in [1.54, 1.807) is 12.3 Å². The van der Waals surface area contributed by atoms with Gasteiger partial charge in [0.1, 0.15) is 4.90 Å². The van der Waals surface area contributed by atoms with Gasteiger partial charge < -0.3 is 10.2 Å². The predicted molar refractivity (Wildman–Crippen MR) is 136 cm³/mol. The number of sulfonamides is 1. The van der Waals surface area contributed by atoms with Crippen LogP contribution in [0.3, 0.4) is 0 Å². The van der Waals surface area contributed by atoms with Crippen molar-refractivity contribution in [3.05, 3.63) is 66.0 Å². The maximum Gasteiger partial charge on any atom is 0.242 e. The first kappa shape index (κ1) is 25.3. The van der Waals surface area contributed by atoms with E-state index in [0.717, 1.165) is 38.4 Å². The number of hydrogen-bond acceptors (Lipinski definition) is 4. The highest BCUT2D eigenvalue weighted by Crippen LogP contribution is 2.19. The van der Waals surface area contributed by atoms with Gasteiger partial charge in [-0.25, -0.2) is 13.1 Å². The van der Waals surface area contributed by atoms with Crippen LogP contribution in [0.2, 0.25) is 0 Å². The van der Waals surface area contributed by atoms with Crippen molar-refractivity contribution in [2.24, 2.45) is 4.99 Å². The highest BCUT2D eigenvalue weighted by molar-refractivity contribution is 14.0. The third kappa shape index (κ3) is 7.89. The van der Waals surface area contributed by atoms with Crippen molar-refractivity contribution in [2.45, 2.75) is 24.7 Å². The second-order valence-corrected chi connectivity index (χ2v) is 8.79. The van der Waals surface area contributed by atoms with Gasteiger partial charge in [0, 0.05) is 38.6 Å². The molecule has 0 saturated carbocycles. The van der Waals surface area contributed by atoms with E-state index < -0.39 is 10.0 Å². The maximum absolute atomic E-state index is 12.3. The number of halogens is 1. The third-order valence-corrected chi connectivity index (χ3v) is 6.27. The Morgan fingerprint density at radius 1 is 1.16 bits per heavy atom. The van der Waals surface area contributed by atoms with E-state index in [1.165, 1.54) is 23.4 Å². The minimum absolute atomic E-state index is 0. The Balaban J connectivity index is 0.00000341. The van der Waals surface area contributed by atoms with Gasteiger partial charge in [-0.05, 0) is 37.5 Å². The summed E-state index contributed by atoms with van der Waals surface area (Å²) in [7, 11) is -3.56. The Morgan fingerprint density at radius 2 is 1.90 bits per heavy atom. The molecule has 0 aliphatic carbocycles. The summed E-state index contributed by atoms with van der Waals surface area (Å²) >= 11 is 0. The van der Waals surface area contributed by atoms with Gasteiger partial charge in [0.2, 0.25) is 10.0 Å². The van der Waals surface area contributed by atoms with E-state index in [9.17, 15) is 8.42 Å². The maximum atomic E-state index is 12.3. The van der Waals surface area contributed by atoms with Crippen LogP contribution in [0.15, 0.2) is 70.3 Å². The standard InChI is InChI=1S/C22H29N5O2S.HI/c1-2-24-22(25-13-14-26-30(28,29)21-9-6-12-23-18-21)27-15-10-20(11-16-27)17-19-7-4-3-5-8-19;/h3-9,12,17-18,26H,2,10-11,13-16H2,1H3,(H,24,25);1H. The Kier molecular flexibility index (Phi) is 10.4. The Bertz CT molecular complexity index is 956. The molecule has 0 radical (unpaired) electrons. The second kappa shape index (κ2) is 12.8. The van der Waals surface area contributed by atoms with Gasteiger partial charge in [-0.15, -0.1) is 24.0 Å². The first-order valence-corrected chi connectivity index (χ1v) is 11.7. The van der Waals surface area contributed by atoms with E-state index in [0.29, 0.717) is 6.54 Å². The average molecular weight is 555 g/mol. The summed E-state index contributed by atoms with van der Waals surface area (Å²) in [5.41, 5.74) is 2.68. The van der Waals surface area contributed by atoms with Gasteiger partial charge in [-0.2, -0.15) is 0 Å². The Labute approximate surface area is 202 Å². The normalized spacial score (nSPS) is 14.7. The minimum Gasteiger partial charge on any atom is -0.357 e. The predicted octanol–water partition coefficient (Wildman–Crippen LogP) is 3.12. The molecule has 1 aliphatic rings. The number of pyridine rings is 1. The van der Waals surface area contributed by atoms with Gasteiger partial charge in [0.05, 0.1) is 6.54 Å². The van der Waals surface area contributed by atoms with Crippen LogP contribution in [0.1, 0.15) is 25.3 Å². The molecule has 7 nitrogen and oxygen atoms in total. The molecule has 0 spiro atoms. The molecule has 0 amide bonds. The number of aromatic nitrogens is 1. The van der Waals surface area contributed by atoms with Gasteiger partial charge in [0.15, 0.2) is 5.96 Å².